The fourth-order valence-corrected chi connectivity index (χ4v) is 4.89. The first-order chi connectivity index (χ1) is 14.6. The molecule has 0 amide bonds. The molecule has 0 radical (unpaired) electrons. The van der Waals surface area contributed by atoms with Gasteiger partial charge in [0, 0.05) is 24.7 Å². The van der Waals surface area contributed by atoms with Gasteiger partial charge in [0.2, 0.25) is 0 Å². The first kappa shape index (κ1) is 25.3. The molecular weight excluding hydrogens is 396 g/mol. The smallest absolute Gasteiger partial charge is 0.312 e. The number of hydrogen-bond acceptors (Lipinski definition) is 5. The Kier molecular flexibility index (Phi) is 9.01. The van der Waals surface area contributed by atoms with Crippen LogP contribution in [0.15, 0.2) is 23.2 Å². The first-order valence-electron chi connectivity index (χ1n) is 11.9. The zero-order valence-corrected chi connectivity index (χ0v) is 19.5. The van der Waals surface area contributed by atoms with E-state index in [1.807, 2.05) is 27.7 Å². The molecule has 31 heavy (non-hydrogen) atoms. The molecule has 0 aliphatic heterocycles. The maximum atomic E-state index is 13.0. The SMILES string of the molecule is CCC(C)(CC)C(=O)O[C@H]1CCC(O)=C2C=C(O)[C@@H](C)[C@@H](CCCCCCC(=O)O)[C@H]21. The highest BCUT2D eigenvalue weighted by Crippen LogP contribution is 2.47. The molecule has 0 aromatic heterocycles. The average molecular weight is 437 g/mol. The van der Waals surface area contributed by atoms with Crippen LogP contribution in [0.25, 0.3) is 0 Å². The van der Waals surface area contributed by atoms with E-state index in [-0.39, 0.29) is 47.8 Å². The molecule has 4 atom stereocenters. The molecule has 0 unspecified atom stereocenters. The van der Waals surface area contributed by atoms with Crippen LogP contribution in [-0.4, -0.2) is 33.4 Å². The van der Waals surface area contributed by atoms with Crippen molar-refractivity contribution >= 4 is 11.9 Å². The number of aliphatic carboxylic acids is 1. The normalized spacial score (nSPS) is 26.3. The average Bonchev–Trinajstić information content (AvgIpc) is 2.74. The Labute approximate surface area is 186 Å². The molecule has 0 aromatic rings. The van der Waals surface area contributed by atoms with Gasteiger partial charge in [-0.1, -0.05) is 40.0 Å². The van der Waals surface area contributed by atoms with Gasteiger partial charge in [-0.3, -0.25) is 9.59 Å². The summed E-state index contributed by atoms with van der Waals surface area (Å²) >= 11 is 0. The van der Waals surface area contributed by atoms with E-state index in [0.717, 1.165) is 25.7 Å². The summed E-state index contributed by atoms with van der Waals surface area (Å²) in [6.07, 6.45) is 8.22. The number of carboxylic acid groups (broad SMARTS) is 1. The van der Waals surface area contributed by atoms with Crippen LogP contribution in [0.5, 0.6) is 0 Å². The Hall–Kier alpha value is -1.98. The minimum absolute atomic E-state index is 0.0641. The molecule has 0 saturated heterocycles. The third-order valence-corrected chi connectivity index (χ3v) is 7.62. The summed E-state index contributed by atoms with van der Waals surface area (Å²) in [5.74, 6) is -0.525. The Morgan fingerprint density at radius 1 is 1.13 bits per heavy atom. The molecule has 0 heterocycles. The highest BCUT2D eigenvalue weighted by molar-refractivity contribution is 5.76. The van der Waals surface area contributed by atoms with E-state index in [4.69, 9.17) is 9.84 Å². The number of hydrogen-bond donors (Lipinski definition) is 3. The van der Waals surface area contributed by atoms with E-state index in [1.165, 1.54) is 0 Å². The van der Waals surface area contributed by atoms with Crippen LogP contribution < -0.4 is 0 Å². The van der Waals surface area contributed by atoms with Crippen molar-refractivity contribution in [1.29, 1.82) is 0 Å². The van der Waals surface area contributed by atoms with Gasteiger partial charge < -0.3 is 20.1 Å². The van der Waals surface area contributed by atoms with Crippen LogP contribution in [0.1, 0.15) is 91.9 Å². The molecule has 0 spiro atoms. The third kappa shape index (κ3) is 6.05. The zero-order chi connectivity index (χ0) is 23.2. The number of carbonyl (C=O) groups excluding carboxylic acids is 1. The molecule has 6 nitrogen and oxygen atoms in total. The van der Waals surface area contributed by atoms with Gasteiger partial charge in [0.05, 0.1) is 16.9 Å². The van der Waals surface area contributed by atoms with Gasteiger partial charge in [0.15, 0.2) is 0 Å². The Morgan fingerprint density at radius 3 is 2.39 bits per heavy atom. The minimum Gasteiger partial charge on any atom is -0.512 e. The molecule has 6 heteroatoms. The van der Waals surface area contributed by atoms with Crippen molar-refractivity contribution in [2.24, 2.45) is 23.2 Å². The van der Waals surface area contributed by atoms with E-state index in [1.54, 1.807) is 6.08 Å². The van der Waals surface area contributed by atoms with Crippen molar-refractivity contribution in [3.63, 3.8) is 0 Å². The van der Waals surface area contributed by atoms with E-state index < -0.39 is 11.4 Å². The second-order valence-corrected chi connectivity index (χ2v) is 9.55. The maximum Gasteiger partial charge on any atom is 0.312 e. The van der Waals surface area contributed by atoms with Crippen LogP contribution >= 0.6 is 0 Å². The monoisotopic (exact) mass is 436 g/mol. The van der Waals surface area contributed by atoms with Gasteiger partial charge in [0.1, 0.15) is 6.10 Å². The molecule has 0 fully saturated rings. The van der Waals surface area contributed by atoms with Gasteiger partial charge in [-0.15, -0.1) is 0 Å². The fraction of sp³-hybridized carbons (Fsp3) is 0.760. The quantitative estimate of drug-likeness (QED) is 0.268. The summed E-state index contributed by atoms with van der Waals surface area (Å²) in [7, 11) is 0. The van der Waals surface area contributed by atoms with Crippen LogP contribution in [0, 0.1) is 23.2 Å². The maximum absolute atomic E-state index is 13.0. The Bertz CT molecular complexity index is 703. The van der Waals surface area contributed by atoms with E-state index in [9.17, 15) is 19.8 Å². The van der Waals surface area contributed by atoms with Crippen molar-refractivity contribution in [3.05, 3.63) is 23.2 Å². The van der Waals surface area contributed by atoms with Crippen molar-refractivity contribution < 1.29 is 29.6 Å². The number of unbranched alkanes of at least 4 members (excludes halogenated alkanes) is 3. The van der Waals surface area contributed by atoms with Crippen LogP contribution in [0.3, 0.4) is 0 Å². The Morgan fingerprint density at radius 2 is 1.77 bits per heavy atom. The molecule has 0 bridgehead atoms. The predicted octanol–water partition coefficient (Wildman–Crippen LogP) is 6.08. The first-order valence-corrected chi connectivity index (χ1v) is 11.9. The second-order valence-electron chi connectivity index (χ2n) is 9.55. The number of carboxylic acids is 1. The molecule has 2 rings (SSSR count). The number of esters is 1. The number of rotatable bonds is 11. The number of allylic oxidation sites excluding steroid dienone is 3. The van der Waals surface area contributed by atoms with E-state index in [0.29, 0.717) is 37.7 Å². The zero-order valence-electron chi connectivity index (χ0n) is 19.5. The fourth-order valence-electron chi connectivity index (χ4n) is 4.89. The lowest BCUT2D eigenvalue weighted by atomic mass is 9.65. The third-order valence-electron chi connectivity index (χ3n) is 7.62. The molecule has 0 aromatic carbocycles. The highest BCUT2D eigenvalue weighted by Gasteiger charge is 2.45. The summed E-state index contributed by atoms with van der Waals surface area (Å²) in [5.41, 5.74) is 0.201. The second kappa shape index (κ2) is 11.1. The molecule has 3 N–H and O–H groups in total. The van der Waals surface area contributed by atoms with Crippen LogP contribution in [0.4, 0.5) is 0 Å². The number of aliphatic hydroxyl groups is 2. The molecule has 2 aliphatic rings. The lowest BCUT2D eigenvalue weighted by molar-refractivity contribution is -0.166. The predicted molar refractivity (Wildman–Crippen MR) is 120 cm³/mol. The molecule has 176 valence electrons. The summed E-state index contributed by atoms with van der Waals surface area (Å²) < 4.78 is 6.08. The van der Waals surface area contributed by atoms with Crippen molar-refractivity contribution in [2.75, 3.05) is 0 Å². The van der Waals surface area contributed by atoms with Crippen molar-refractivity contribution in [1.82, 2.24) is 0 Å². The standard InChI is InChI=1S/C25H40O6/c1-5-25(4,6-2)24(30)31-21-14-13-19(26)18-15-20(27)16(3)17(23(18)21)11-9-7-8-10-12-22(28)29/h15-17,21,23,26-27H,5-14H2,1-4H3,(H,28,29)/t16-,17+,21-,23+/m0/s1. The van der Waals surface area contributed by atoms with E-state index in [2.05, 4.69) is 0 Å². The van der Waals surface area contributed by atoms with Gasteiger partial charge in [-0.2, -0.15) is 0 Å². The summed E-state index contributed by atoms with van der Waals surface area (Å²) in [6, 6.07) is 0. The van der Waals surface area contributed by atoms with Gasteiger partial charge in [-0.25, -0.2) is 0 Å². The topological polar surface area (TPSA) is 104 Å². The van der Waals surface area contributed by atoms with Crippen LogP contribution in [0.2, 0.25) is 0 Å². The van der Waals surface area contributed by atoms with Gasteiger partial charge in [-0.05, 0) is 56.6 Å². The van der Waals surface area contributed by atoms with E-state index >= 15 is 0 Å². The lowest BCUT2D eigenvalue weighted by Crippen LogP contribution is -2.43. The molecular formula is C25H40O6. The van der Waals surface area contributed by atoms with Crippen LogP contribution in [-0.2, 0) is 14.3 Å². The molecule has 2 aliphatic carbocycles. The number of aliphatic hydroxyl groups excluding tert-OH is 2. The summed E-state index contributed by atoms with van der Waals surface area (Å²) in [4.78, 5) is 23.7. The Balaban J connectivity index is 2.15. The largest absolute Gasteiger partial charge is 0.512 e. The van der Waals surface area contributed by atoms with Crippen molar-refractivity contribution in [3.8, 4) is 0 Å². The van der Waals surface area contributed by atoms with Crippen molar-refractivity contribution in [2.45, 2.75) is 98.0 Å². The summed E-state index contributed by atoms with van der Waals surface area (Å²) in [6.45, 7) is 7.93. The lowest BCUT2D eigenvalue weighted by Gasteiger charge is -2.43. The molecule has 0 saturated carbocycles. The number of fused-ring (bicyclic) bond motifs is 1. The number of carbonyl (C=O) groups is 2. The van der Waals surface area contributed by atoms with Gasteiger partial charge in [0.25, 0.3) is 0 Å². The summed E-state index contributed by atoms with van der Waals surface area (Å²) in [5, 5.41) is 29.9. The van der Waals surface area contributed by atoms with Gasteiger partial charge >= 0.3 is 11.9 Å². The minimum atomic E-state index is -0.765. The highest BCUT2D eigenvalue weighted by atomic mass is 16.5. The number of ether oxygens (including phenoxy) is 1.